The molecule has 1 fully saturated rings. The summed E-state index contributed by atoms with van der Waals surface area (Å²) in [5, 5.41) is 4.16. The summed E-state index contributed by atoms with van der Waals surface area (Å²) >= 11 is 0. The minimum absolute atomic E-state index is 0.00436. The zero-order valence-electron chi connectivity index (χ0n) is 14.6. The zero-order chi connectivity index (χ0) is 16.9. The van der Waals surface area contributed by atoms with Crippen molar-refractivity contribution in [3.8, 4) is 5.75 Å². The Hall–Kier alpha value is -2.10. The molecule has 0 bridgehead atoms. The predicted octanol–water partition coefficient (Wildman–Crippen LogP) is 4.39. The van der Waals surface area contributed by atoms with Crippen LogP contribution in [-0.2, 0) is 0 Å². The van der Waals surface area contributed by atoms with Crippen LogP contribution in [0.4, 0.5) is 0 Å². The van der Waals surface area contributed by atoms with Crippen LogP contribution in [0.3, 0.4) is 0 Å². The zero-order valence-corrected chi connectivity index (χ0v) is 14.6. The Morgan fingerprint density at radius 3 is 2.54 bits per heavy atom. The lowest BCUT2D eigenvalue weighted by molar-refractivity contribution is 0.0929. The van der Waals surface area contributed by atoms with Gasteiger partial charge in [0.1, 0.15) is 5.75 Å². The second-order valence-electron chi connectivity index (χ2n) is 6.70. The van der Waals surface area contributed by atoms with E-state index in [1.165, 1.54) is 32.1 Å². The molecule has 1 saturated carbocycles. The molecule has 0 radical (unpaired) electrons. The van der Waals surface area contributed by atoms with Crippen LogP contribution in [0.5, 0.6) is 5.75 Å². The van der Waals surface area contributed by atoms with Crippen molar-refractivity contribution in [3.63, 3.8) is 0 Å². The maximum Gasteiger partial charge on any atom is 0.253 e. The first-order chi connectivity index (χ1) is 11.7. The smallest absolute Gasteiger partial charge is 0.253 e. The molecule has 1 aromatic heterocycles. The number of hydrogen-bond acceptors (Lipinski definition) is 3. The first kappa shape index (κ1) is 16.7. The lowest BCUT2D eigenvalue weighted by Gasteiger charge is -2.21. The molecule has 1 aromatic carbocycles. The van der Waals surface area contributed by atoms with Gasteiger partial charge in [-0.25, -0.2) is 0 Å². The molecule has 0 unspecified atom stereocenters. The van der Waals surface area contributed by atoms with E-state index in [2.05, 4.69) is 10.3 Å². The minimum Gasteiger partial charge on any atom is -0.497 e. The van der Waals surface area contributed by atoms with Crippen molar-refractivity contribution in [2.75, 3.05) is 7.11 Å². The molecule has 1 amide bonds. The van der Waals surface area contributed by atoms with Gasteiger partial charge in [0.2, 0.25) is 0 Å². The molecule has 0 aliphatic heterocycles. The van der Waals surface area contributed by atoms with Crippen molar-refractivity contribution in [3.05, 3.63) is 35.5 Å². The van der Waals surface area contributed by atoms with Gasteiger partial charge >= 0.3 is 0 Å². The van der Waals surface area contributed by atoms with Crippen molar-refractivity contribution in [1.29, 1.82) is 0 Å². The number of hydrogen-bond donors (Lipinski definition) is 1. The predicted molar refractivity (Wildman–Crippen MR) is 96.6 cm³/mol. The number of aromatic nitrogens is 1. The van der Waals surface area contributed by atoms with E-state index >= 15 is 0 Å². The fourth-order valence-corrected chi connectivity index (χ4v) is 3.47. The Morgan fingerprint density at radius 2 is 1.83 bits per heavy atom. The highest BCUT2D eigenvalue weighted by atomic mass is 16.5. The molecular weight excluding hydrogens is 300 g/mol. The summed E-state index contributed by atoms with van der Waals surface area (Å²) in [4.78, 5) is 17.3. The minimum atomic E-state index is -0.00436. The number of aryl methyl sites for hydroxylation is 1. The maximum atomic E-state index is 12.7. The van der Waals surface area contributed by atoms with Crippen molar-refractivity contribution >= 4 is 16.8 Å². The van der Waals surface area contributed by atoms with Crippen LogP contribution in [0, 0.1) is 6.92 Å². The first-order valence-corrected chi connectivity index (χ1v) is 8.93. The fourth-order valence-electron chi connectivity index (χ4n) is 3.47. The topological polar surface area (TPSA) is 51.2 Å². The van der Waals surface area contributed by atoms with Crippen LogP contribution < -0.4 is 10.1 Å². The second-order valence-corrected chi connectivity index (χ2v) is 6.70. The highest BCUT2D eigenvalue weighted by Gasteiger charge is 2.17. The molecule has 1 heterocycles. The van der Waals surface area contributed by atoms with Crippen LogP contribution in [0.1, 0.15) is 61.0 Å². The van der Waals surface area contributed by atoms with E-state index < -0.39 is 0 Å². The van der Waals surface area contributed by atoms with Crippen LogP contribution >= 0.6 is 0 Å². The number of fused-ring (bicyclic) bond motifs is 1. The molecule has 24 heavy (non-hydrogen) atoms. The average molecular weight is 326 g/mol. The van der Waals surface area contributed by atoms with Crippen molar-refractivity contribution in [2.45, 2.75) is 57.9 Å². The Labute approximate surface area is 143 Å². The van der Waals surface area contributed by atoms with Crippen LogP contribution in [0.2, 0.25) is 0 Å². The van der Waals surface area contributed by atoms with Gasteiger partial charge in [-0.2, -0.15) is 0 Å². The number of benzene rings is 1. The number of methoxy groups -OCH3 is 1. The lowest BCUT2D eigenvalue weighted by Crippen LogP contribution is -2.35. The molecule has 1 aliphatic rings. The number of pyridine rings is 1. The molecule has 1 aliphatic carbocycles. The van der Waals surface area contributed by atoms with Gasteiger partial charge in [0, 0.05) is 11.4 Å². The molecule has 128 valence electrons. The molecule has 3 rings (SSSR count). The monoisotopic (exact) mass is 326 g/mol. The van der Waals surface area contributed by atoms with E-state index in [0.29, 0.717) is 11.6 Å². The van der Waals surface area contributed by atoms with Gasteiger partial charge in [0.05, 0.1) is 23.9 Å². The highest BCUT2D eigenvalue weighted by molar-refractivity contribution is 5.99. The van der Waals surface area contributed by atoms with Gasteiger partial charge in [-0.05, 0) is 44.0 Å². The van der Waals surface area contributed by atoms with Crippen LogP contribution in [-0.4, -0.2) is 24.0 Å². The number of amides is 1. The number of nitrogens with zero attached hydrogens (tertiary/aromatic N) is 1. The summed E-state index contributed by atoms with van der Waals surface area (Å²) in [5.41, 5.74) is 2.32. The summed E-state index contributed by atoms with van der Waals surface area (Å²) < 4.78 is 5.27. The number of carbonyl (C=O) groups is 1. The Kier molecular flexibility index (Phi) is 5.34. The van der Waals surface area contributed by atoms with Gasteiger partial charge in [-0.15, -0.1) is 0 Å². The number of ether oxygens (including phenoxy) is 1. The Bertz CT molecular complexity index is 719. The van der Waals surface area contributed by atoms with E-state index in [9.17, 15) is 4.79 Å². The first-order valence-electron chi connectivity index (χ1n) is 8.93. The molecule has 0 spiro atoms. The van der Waals surface area contributed by atoms with Crippen LogP contribution in [0.25, 0.3) is 10.9 Å². The van der Waals surface area contributed by atoms with E-state index in [-0.39, 0.29) is 5.91 Å². The number of carbonyl (C=O) groups excluding carboxylic acids is 1. The molecule has 0 atom stereocenters. The number of nitrogens with one attached hydrogen (secondary N) is 1. The van der Waals surface area contributed by atoms with E-state index in [0.717, 1.165) is 35.2 Å². The fraction of sp³-hybridized carbons (Fsp3) is 0.500. The summed E-state index contributed by atoms with van der Waals surface area (Å²) in [6, 6.07) is 7.96. The van der Waals surface area contributed by atoms with Gasteiger partial charge in [0.25, 0.3) is 5.91 Å². The van der Waals surface area contributed by atoms with E-state index in [4.69, 9.17) is 4.74 Å². The molecule has 2 aromatic rings. The second kappa shape index (κ2) is 7.65. The van der Waals surface area contributed by atoms with Crippen molar-refractivity contribution in [2.24, 2.45) is 0 Å². The molecule has 0 saturated heterocycles. The highest BCUT2D eigenvalue weighted by Crippen LogP contribution is 2.23. The summed E-state index contributed by atoms with van der Waals surface area (Å²) in [6.07, 6.45) is 8.47. The molecule has 4 nitrogen and oxygen atoms in total. The normalized spacial score (nSPS) is 16.4. The van der Waals surface area contributed by atoms with Crippen molar-refractivity contribution in [1.82, 2.24) is 10.3 Å². The van der Waals surface area contributed by atoms with Crippen LogP contribution in [0.15, 0.2) is 24.3 Å². The third kappa shape index (κ3) is 3.86. The molecule has 4 heteroatoms. The molecule has 1 N–H and O–H groups in total. The lowest BCUT2D eigenvalue weighted by atomic mass is 9.96. The molecular formula is C20H26N2O2. The number of rotatable bonds is 3. The standard InChI is InChI=1S/C20H26N2O2/c1-14-18(13-15-12-17(24-2)10-11-19(15)21-14)20(23)22-16-8-6-4-3-5-7-9-16/h10-13,16H,3-9H2,1-2H3,(H,22,23). The summed E-state index contributed by atoms with van der Waals surface area (Å²) in [6.45, 7) is 1.90. The SMILES string of the molecule is COc1ccc2nc(C)c(C(=O)NC3CCCCCCC3)cc2c1. The average Bonchev–Trinajstić information content (AvgIpc) is 2.56. The third-order valence-corrected chi connectivity index (χ3v) is 4.90. The van der Waals surface area contributed by atoms with E-state index in [1.54, 1.807) is 7.11 Å². The van der Waals surface area contributed by atoms with Gasteiger partial charge in [-0.3, -0.25) is 9.78 Å². The van der Waals surface area contributed by atoms with Gasteiger partial charge in [0.15, 0.2) is 0 Å². The summed E-state index contributed by atoms with van der Waals surface area (Å²) in [5.74, 6) is 0.773. The summed E-state index contributed by atoms with van der Waals surface area (Å²) in [7, 11) is 1.64. The van der Waals surface area contributed by atoms with Crippen molar-refractivity contribution < 1.29 is 9.53 Å². The maximum absolute atomic E-state index is 12.7. The van der Waals surface area contributed by atoms with E-state index in [1.807, 2.05) is 31.2 Å². The third-order valence-electron chi connectivity index (χ3n) is 4.90. The Balaban J connectivity index is 1.81. The van der Waals surface area contributed by atoms with Gasteiger partial charge in [-0.1, -0.05) is 32.1 Å². The quantitative estimate of drug-likeness (QED) is 0.910. The van der Waals surface area contributed by atoms with Gasteiger partial charge < -0.3 is 10.1 Å². The largest absolute Gasteiger partial charge is 0.497 e. The Morgan fingerprint density at radius 1 is 1.12 bits per heavy atom.